The van der Waals surface area contributed by atoms with Gasteiger partial charge in [-0.15, -0.1) is 0 Å². The highest BCUT2D eigenvalue weighted by Crippen LogP contribution is 2.30. The van der Waals surface area contributed by atoms with Gasteiger partial charge in [0.1, 0.15) is 0 Å². The van der Waals surface area contributed by atoms with Gasteiger partial charge in [-0.25, -0.2) is 0 Å². The largest absolute Gasteiger partial charge is 0.493 e. The summed E-state index contributed by atoms with van der Waals surface area (Å²) in [6.45, 7) is 3.23. The van der Waals surface area contributed by atoms with E-state index >= 15 is 0 Å². The first-order chi connectivity index (χ1) is 10.1. The number of benzene rings is 2. The lowest BCUT2D eigenvalue weighted by molar-refractivity contribution is 0.311. The Bertz CT molecular complexity index is 619. The lowest BCUT2D eigenvalue weighted by Gasteiger charge is -2.12. The van der Waals surface area contributed by atoms with Gasteiger partial charge >= 0.3 is 0 Å². The van der Waals surface area contributed by atoms with Crippen LogP contribution in [0.5, 0.6) is 11.5 Å². The Kier molecular flexibility index (Phi) is 5.76. The Morgan fingerprint density at radius 2 is 1.95 bits per heavy atom. The molecule has 2 aromatic rings. The Morgan fingerprint density at radius 1 is 1.14 bits per heavy atom. The molecule has 0 aliphatic carbocycles. The summed E-state index contributed by atoms with van der Waals surface area (Å²) in [4.78, 5) is 0. The van der Waals surface area contributed by atoms with Crippen molar-refractivity contribution < 1.29 is 9.47 Å². The van der Waals surface area contributed by atoms with Crippen LogP contribution in [0.25, 0.3) is 0 Å². The van der Waals surface area contributed by atoms with Crippen molar-refractivity contribution in [3.63, 3.8) is 0 Å². The zero-order chi connectivity index (χ0) is 15.2. The molecule has 2 aromatic carbocycles. The average Bonchev–Trinajstić information content (AvgIpc) is 2.49. The van der Waals surface area contributed by atoms with E-state index in [0.717, 1.165) is 27.2 Å². The van der Waals surface area contributed by atoms with Gasteiger partial charge in [0.2, 0.25) is 0 Å². The normalized spacial score (nSPS) is 10.3. The average molecular weight is 371 g/mol. The third-order valence-corrected chi connectivity index (χ3v) is 4.18. The van der Waals surface area contributed by atoms with Crippen LogP contribution in [0.15, 0.2) is 40.9 Å². The van der Waals surface area contributed by atoms with Crippen molar-refractivity contribution in [1.29, 1.82) is 0 Å². The third kappa shape index (κ3) is 4.29. The molecule has 0 saturated carbocycles. The molecule has 0 aromatic heterocycles. The second-order valence-electron chi connectivity index (χ2n) is 4.40. The van der Waals surface area contributed by atoms with Crippen molar-refractivity contribution in [2.45, 2.75) is 13.5 Å². The first-order valence-electron chi connectivity index (χ1n) is 6.62. The van der Waals surface area contributed by atoms with Crippen molar-refractivity contribution in [1.82, 2.24) is 0 Å². The van der Waals surface area contributed by atoms with E-state index in [1.165, 1.54) is 0 Å². The summed E-state index contributed by atoms with van der Waals surface area (Å²) in [6.07, 6.45) is 0. The topological polar surface area (TPSA) is 30.5 Å². The van der Waals surface area contributed by atoms with Gasteiger partial charge < -0.3 is 14.8 Å². The first-order valence-corrected chi connectivity index (χ1v) is 7.79. The van der Waals surface area contributed by atoms with Crippen LogP contribution in [-0.4, -0.2) is 13.7 Å². The maximum Gasteiger partial charge on any atom is 0.163 e. The summed E-state index contributed by atoms with van der Waals surface area (Å²) in [5, 5.41) is 4.06. The quantitative estimate of drug-likeness (QED) is 0.765. The van der Waals surface area contributed by atoms with E-state index in [1.807, 2.05) is 43.3 Å². The fourth-order valence-corrected chi connectivity index (χ4v) is 2.36. The van der Waals surface area contributed by atoms with Gasteiger partial charge in [0.15, 0.2) is 11.5 Å². The van der Waals surface area contributed by atoms with Crippen LogP contribution >= 0.6 is 27.5 Å². The summed E-state index contributed by atoms with van der Waals surface area (Å²) >= 11 is 9.48. The van der Waals surface area contributed by atoms with Crippen LogP contribution in [0.4, 0.5) is 5.69 Å². The molecule has 5 heteroatoms. The van der Waals surface area contributed by atoms with Gasteiger partial charge in [0.05, 0.1) is 18.7 Å². The molecule has 0 spiro atoms. The smallest absolute Gasteiger partial charge is 0.163 e. The van der Waals surface area contributed by atoms with Crippen molar-refractivity contribution in [2.75, 3.05) is 19.0 Å². The number of rotatable bonds is 6. The van der Waals surface area contributed by atoms with E-state index in [-0.39, 0.29) is 0 Å². The molecule has 0 aliphatic heterocycles. The number of hydrogen-bond acceptors (Lipinski definition) is 3. The van der Waals surface area contributed by atoms with Crippen LogP contribution < -0.4 is 14.8 Å². The summed E-state index contributed by atoms with van der Waals surface area (Å²) < 4.78 is 11.7. The summed E-state index contributed by atoms with van der Waals surface area (Å²) in [5.41, 5.74) is 2.08. The standard InChI is InChI=1S/C16H17BrClNO2/c1-3-21-16-9-12(5-7-15(16)20-2)19-10-11-4-6-13(17)14(18)8-11/h4-9,19H,3,10H2,1-2H3. The monoisotopic (exact) mass is 369 g/mol. The molecule has 0 atom stereocenters. The maximum atomic E-state index is 6.09. The second-order valence-corrected chi connectivity index (χ2v) is 5.66. The number of nitrogens with one attached hydrogen (secondary N) is 1. The van der Waals surface area contributed by atoms with E-state index in [0.29, 0.717) is 18.2 Å². The lowest BCUT2D eigenvalue weighted by Crippen LogP contribution is -2.01. The highest BCUT2D eigenvalue weighted by molar-refractivity contribution is 9.10. The number of hydrogen-bond donors (Lipinski definition) is 1. The van der Waals surface area contributed by atoms with Crippen molar-refractivity contribution in [2.24, 2.45) is 0 Å². The van der Waals surface area contributed by atoms with Crippen LogP contribution in [0, 0.1) is 0 Å². The molecule has 0 bridgehead atoms. The molecular formula is C16H17BrClNO2. The van der Waals surface area contributed by atoms with Gasteiger partial charge in [0.25, 0.3) is 0 Å². The minimum absolute atomic E-state index is 0.599. The molecular weight excluding hydrogens is 354 g/mol. The predicted molar refractivity (Wildman–Crippen MR) is 90.6 cm³/mol. The van der Waals surface area contributed by atoms with Gasteiger partial charge in [0, 0.05) is 22.8 Å². The zero-order valence-corrected chi connectivity index (χ0v) is 14.3. The van der Waals surface area contributed by atoms with Crippen LogP contribution in [0.2, 0.25) is 5.02 Å². The lowest BCUT2D eigenvalue weighted by atomic mass is 10.2. The molecule has 0 fully saturated rings. The number of anilines is 1. The highest BCUT2D eigenvalue weighted by atomic mass is 79.9. The summed E-state index contributed by atoms with van der Waals surface area (Å²) in [7, 11) is 1.63. The highest BCUT2D eigenvalue weighted by Gasteiger charge is 2.05. The minimum atomic E-state index is 0.599. The number of ether oxygens (including phenoxy) is 2. The summed E-state index contributed by atoms with van der Waals surface area (Å²) in [5.74, 6) is 1.47. The fraction of sp³-hybridized carbons (Fsp3) is 0.250. The molecule has 112 valence electrons. The van der Waals surface area contributed by atoms with Crippen LogP contribution in [-0.2, 0) is 6.54 Å². The Balaban J connectivity index is 2.08. The minimum Gasteiger partial charge on any atom is -0.493 e. The van der Waals surface area contributed by atoms with Gasteiger partial charge in [-0.3, -0.25) is 0 Å². The SMILES string of the molecule is CCOc1cc(NCc2ccc(Br)c(Cl)c2)ccc1OC. The third-order valence-electron chi connectivity index (χ3n) is 2.94. The van der Waals surface area contributed by atoms with E-state index in [2.05, 4.69) is 21.2 Å². The zero-order valence-electron chi connectivity index (χ0n) is 12.0. The van der Waals surface area contributed by atoms with Crippen molar-refractivity contribution in [3.05, 3.63) is 51.5 Å². The molecule has 0 heterocycles. The van der Waals surface area contributed by atoms with E-state index in [4.69, 9.17) is 21.1 Å². The molecule has 1 N–H and O–H groups in total. The summed E-state index contributed by atoms with van der Waals surface area (Å²) in [6, 6.07) is 11.7. The van der Waals surface area contributed by atoms with Crippen LogP contribution in [0.1, 0.15) is 12.5 Å². The number of methoxy groups -OCH3 is 1. The second kappa shape index (κ2) is 7.57. The van der Waals surface area contributed by atoms with Gasteiger partial charge in [-0.1, -0.05) is 17.7 Å². The maximum absolute atomic E-state index is 6.09. The molecule has 3 nitrogen and oxygen atoms in total. The molecule has 2 rings (SSSR count). The van der Waals surface area contributed by atoms with E-state index < -0.39 is 0 Å². The van der Waals surface area contributed by atoms with Crippen LogP contribution in [0.3, 0.4) is 0 Å². The predicted octanol–water partition coefficient (Wildman–Crippen LogP) is 5.12. The Labute approximate surface area is 138 Å². The molecule has 0 aliphatic rings. The van der Waals surface area contributed by atoms with Gasteiger partial charge in [-0.05, 0) is 52.7 Å². The molecule has 0 unspecified atom stereocenters. The Morgan fingerprint density at radius 3 is 2.62 bits per heavy atom. The molecule has 21 heavy (non-hydrogen) atoms. The van der Waals surface area contributed by atoms with E-state index in [9.17, 15) is 0 Å². The van der Waals surface area contributed by atoms with Crippen molar-refractivity contribution in [3.8, 4) is 11.5 Å². The Hall–Kier alpha value is -1.39. The van der Waals surface area contributed by atoms with Gasteiger partial charge in [-0.2, -0.15) is 0 Å². The van der Waals surface area contributed by atoms with Crippen molar-refractivity contribution >= 4 is 33.2 Å². The first kappa shape index (κ1) is 16.0. The fourth-order valence-electron chi connectivity index (χ4n) is 1.91. The molecule has 0 amide bonds. The molecule has 0 radical (unpaired) electrons. The number of halogens is 2. The molecule has 0 saturated heterocycles. The van der Waals surface area contributed by atoms with E-state index in [1.54, 1.807) is 7.11 Å².